The third-order valence-electron chi connectivity index (χ3n) is 3.95. The summed E-state index contributed by atoms with van der Waals surface area (Å²) in [5, 5.41) is 2.55. The molecule has 8 heteroatoms. The van der Waals surface area contributed by atoms with Crippen LogP contribution >= 0.6 is 11.8 Å². The molecule has 1 aromatic carbocycles. The molecule has 26 heavy (non-hydrogen) atoms. The standard InChI is InChI=1S/C18H25NO6S/c1-6-11(2)16(18(22)24-4)19-15(20)10-25-17(21)13-8-7-12(26-5)9-14(13)23-3/h7-9,11,16H,6,10H2,1-5H3,(H,19,20)/t11-,16+/m0/s1. The molecule has 0 aromatic heterocycles. The second kappa shape index (κ2) is 10.7. The van der Waals surface area contributed by atoms with Gasteiger partial charge in [-0.1, -0.05) is 20.3 Å². The van der Waals surface area contributed by atoms with Crippen LogP contribution in [0.1, 0.15) is 30.6 Å². The van der Waals surface area contributed by atoms with Gasteiger partial charge in [-0.25, -0.2) is 9.59 Å². The number of amides is 1. The zero-order chi connectivity index (χ0) is 19.7. The summed E-state index contributed by atoms with van der Waals surface area (Å²) in [5.41, 5.74) is 0.226. The first kappa shape index (κ1) is 21.8. The average molecular weight is 383 g/mol. The Labute approximate surface area is 157 Å². The maximum absolute atomic E-state index is 12.2. The van der Waals surface area contributed by atoms with Gasteiger partial charge < -0.3 is 19.5 Å². The minimum absolute atomic E-state index is 0.110. The molecule has 0 spiro atoms. The molecular formula is C18H25NO6S. The Bertz CT molecular complexity index is 649. The average Bonchev–Trinajstić information content (AvgIpc) is 2.68. The molecule has 0 unspecified atom stereocenters. The van der Waals surface area contributed by atoms with Gasteiger partial charge >= 0.3 is 11.9 Å². The molecule has 0 aliphatic rings. The van der Waals surface area contributed by atoms with Crippen molar-refractivity contribution < 1.29 is 28.6 Å². The summed E-state index contributed by atoms with van der Waals surface area (Å²) in [6, 6.07) is 4.28. The first-order valence-corrected chi connectivity index (χ1v) is 9.36. The molecule has 0 heterocycles. The largest absolute Gasteiger partial charge is 0.496 e. The van der Waals surface area contributed by atoms with Gasteiger partial charge in [0.15, 0.2) is 6.61 Å². The zero-order valence-corrected chi connectivity index (χ0v) is 16.5. The van der Waals surface area contributed by atoms with E-state index in [0.717, 1.165) is 4.90 Å². The van der Waals surface area contributed by atoms with Crippen molar-refractivity contribution in [3.8, 4) is 5.75 Å². The second-order valence-electron chi connectivity index (χ2n) is 5.60. The number of carbonyl (C=O) groups excluding carboxylic acids is 3. The summed E-state index contributed by atoms with van der Waals surface area (Å²) in [5.74, 6) is -1.53. The van der Waals surface area contributed by atoms with Crippen LogP contribution in [0.25, 0.3) is 0 Å². The highest BCUT2D eigenvalue weighted by molar-refractivity contribution is 7.98. The number of thioether (sulfide) groups is 1. The van der Waals surface area contributed by atoms with Crippen LogP contribution in [0.3, 0.4) is 0 Å². The second-order valence-corrected chi connectivity index (χ2v) is 6.48. The van der Waals surface area contributed by atoms with Crippen LogP contribution in [0.15, 0.2) is 23.1 Å². The van der Waals surface area contributed by atoms with E-state index in [1.54, 1.807) is 18.2 Å². The molecular weight excluding hydrogens is 358 g/mol. The van der Waals surface area contributed by atoms with Gasteiger partial charge in [-0.05, 0) is 30.4 Å². The van der Waals surface area contributed by atoms with Gasteiger partial charge in [-0.3, -0.25) is 4.79 Å². The van der Waals surface area contributed by atoms with Crippen LogP contribution < -0.4 is 10.1 Å². The highest BCUT2D eigenvalue weighted by atomic mass is 32.2. The molecule has 1 N–H and O–H groups in total. The Balaban J connectivity index is 2.71. The molecule has 144 valence electrons. The minimum atomic E-state index is -0.786. The number of carbonyl (C=O) groups is 3. The highest BCUT2D eigenvalue weighted by Gasteiger charge is 2.27. The van der Waals surface area contributed by atoms with Gasteiger partial charge in [0.05, 0.1) is 14.2 Å². The number of rotatable bonds is 9. The SMILES string of the molecule is CC[C@H](C)[C@@H](NC(=O)COC(=O)c1ccc(SC)cc1OC)C(=O)OC. The van der Waals surface area contributed by atoms with Crippen molar-refractivity contribution >= 4 is 29.6 Å². The lowest BCUT2D eigenvalue weighted by Crippen LogP contribution is -2.47. The van der Waals surface area contributed by atoms with Crippen LogP contribution in [-0.2, 0) is 19.1 Å². The maximum atomic E-state index is 12.2. The third kappa shape index (κ3) is 5.94. The molecule has 0 aliphatic heterocycles. The third-order valence-corrected chi connectivity index (χ3v) is 4.67. The van der Waals surface area contributed by atoms with Crippen molar-refractivity contribution in [2.24, 2.45) is 5.92 Å². The number of hydrogen-bond acceptors (Lipinski definition) is 7. The van der Waals surface area contributed by atoms with Gasteiger partial charge in [-0.15, -0.1) is 11.8 Å². The van der Waals surface area contributed by atoms with Crippen LogP contribution in [0.2, 0.25) is 0 Å². The monoisotopic (exact) mass is 383 g/mol. The van der Waals surface area contributed by atoms with Gasteiger partial charge in [0, 0.05) is 4.90 Å². The number of methoxy groups -OCH3 is 2. The van der Waals surface area contributed by atoms with Crippen molar-refractivity contribution in [1.82, 2.24) is 5.32 Å². The van der Waals surface area contributed by atoms with Crippen molar-refractivity contribution in [1.29, 1.82) is 0 Å². The van der Waals surface area contributed by atoms with E-state index in [4.69, 9.17) is 14.2 Å². The van der Waals surface area contributed by atoms with E-state index < -0.39 is 30.5 Å². The summed E-state index contributed by atoms with van der Waals surface area (Å²) in [6.07, 6.45) is 2.59. The van der Waals surface area contributed by atoms with E-state index in [0.29, 0.717) is 12.2 Å². The summed E-state index contributed by atoms with van der Waals surface area (Å²) in [7, 11) is 2.71. The maximum Gasteiger partial charge on any atom is 0.342 e. The zero-order valence-electron chi connectivity index (χ0n) is 15.7. The van der Waals surface area contributed by atoms with Gasteiger partial charge in [-0.2, -0.15) is 0 Å². The van der Waals surface area contributed by atoms with Crippen LogP contribution in [-0.4, -0.2) is 51.0 Å². The molecule has 1 amide bonds. The quantitative estimate of drug-likeness (QED) is 0.517. The Kier molecular flexibility index (Phi) is 8.98. The molecule has 1 rings (SSSR count). The summed E-state index contributed by atoms with van der Waals surface area (Å²) in [4.78, 5) is 37.0. The first-order valence-electron chi connectivity index (χ1n) is 8.14. The number of esters is 2. The van der Waals surface area contributed by atoms with Gasteiger partial charge in [0.1, 0.15) is 17.4 Å². The van der Waals surface area contributed by atoms with Crippen LogP contribution in [0, 0.1) is 5.92 Å². The number of ether oxygens (including phenoxy) is 3. The highest BCUT2D eigenvalue weighted by Crippen LogP contribution is 2.25. The van der Waals surface area contributed by atoms with E-state index >= 15 is 0 Å². The summed E-state index contributed by atoms with van der Waals surface area (Å²) in [6.45, 7) is 3.22. The Hall–Kier alpha value is -2.22. The lowest BCUT2D eigenvalue weighted by atomic mass is 9.99. The van der Waals surface area contributed by atoms with Crippen molar-refractivity contribution in [2.75, 3.05) is 27.1 Å². The topological polar surface area (TPSA) is 90.9 Å². The molecule has 0 radical (unpaired) electrons. The number of benzene rings is 1. The van der Waals surface area contributed by atoms with E-state index in [1.165, 1.54) is 26.0 Å². The van der Waals surface area contributed by atoms with E-state index in [9.17, 15) is 14.4 Å². The van der Waals surface area contributed by atoms with Crippen molar-refractivity contribution in [2.45, 2.75) is 31.2 Å². The molecule has 2 atom stereocenters. The molecule has 1 aromatic rings. The molecule has 0 aliphatic carbocycles. The first-order chi connectivity index (χ1) is 12.4. The van der Waals surface area contributed by atoms with Crippen molar-refractivity contribution in [3.63, 3.8) is 0 Å². The Morgan fingerprint density at radius 3 is 2.46 bits per heavy atom. The summed E-state index contributed by atoms with van der Waals surface area (Å²) >= 11 is 1.51. The van der Waals surface area contributed by atoms with Gasteiger partial charge in [0.2, 0.25) is 0 Å². The fourth-order valence-electron chi connectivity index (χ4n) is 2.19. The fourth-order valence-corrected chi connectivity index (χ4v) is 2.62. The number of nitrogens with one attached hydrogen (secondary N) is 1. The normalized spacial score (nSPS) is 12.7. The van der Waals surface area contributed by atoms with E-state index in [1.807, 2.05) is 20.1 Å². The van der Waals surface area contributed by atoms with E-state index in [2.05, 4.69) is 5.32 Å². The van der Waals surface area contributed by atoms with Gasteiger partial charge in [0.25, 0.3) is 5.91 Å². The molecule has 0 saturated heterocycles. The predicted molar refractivity (Wildman–Crippen MR) is 98.5 cm³/mol. The predicted octanol–water partition coefficient (Wildman–Crippen LogP) is 2.28. The molecule has 0 bridgehead atoms. The van der Waals surface area contributed by atoms with Crippen LogP contribution in [0.5, 0.6) is 5.75 Å². The smallest absolute Gasteiger partial charge is 0.342 e. The summed E-state index contributed by atoms with van der Waals surface area (Å²) < 4.78 is 14.9. The van der Waals surface area contributed by atoms with Crippen molar-refractivity contribution in [3.05, 3.63) is 23.8 Å². The lowest BCUT2D eigenvalue weighted by Gasteiger charge is -2.21. The minimum Gasteiger partial charge on any atom is -0.496 e. The van der Waals surface area contributed by atoms with E-state index in [-0.39, 0.29) is 11.5 Å². The fraction of sp³-hybridized carbons (Fsp3) is 0.500. The molecule has 0 fully saturated rings. The molecule has 7 nitrogen and oxygen atoms in total. The molecule has 0 saturated carbocycles. The lowest BCUT2D eigenvalue weighted by molar-refractivity contribution is -0.147. The van der Waals surface area contributed by atoms with Crippen LogP contribution in [0.4, 0.5) is 0 Å². The Morgan fingerprint density at radius 2 is 1.92 bits per heavy atom. The number of hydrogen-bond donors (Lipinski definition) is 1. The Morgan fingerprint density at radius 1 is 1.23 bits per heavy atom.